The fraction of sp³-hybridized carbons (Fsp3) is 0.316. The minimum Gasteiger partial charge on any atom is -0.323 e. The van der Waals surface area contributed by atoms with E-state index in [4.69, 9.17) is 0 Å². The van der Waals surface area contributed by atoms with Gasteiger partial charge in [-0.2, -0.15) is 5.10 Å². The Morgan fingerprint density at radius 2 is 1.82 bits per heavy atom. The first-order valence-corrected chi connectivity index (χ1v) is 9.92. The number of aromatic nitrogens is 4. The van der Waals surface area contributed by atoms with Gasteiger partial charge < -0.3 is 10.6 Å². The van der Waals surface area contributed by atoms with Crippen molar-refractivity contribution in [2.24, 2.45) is 0 Å². The monoisotopic (exact) mass is 398 g/mol. The largest absolute Gasteiger partial charge is 0.323 e. The van der Waals surface area contributed by atoms with Gasteiger partial charge in [0, 0.05) is 25.6 Å². The highest BCUT2D eigenvalue weighted by Gasteiger charge is 2.11. The molecule has 3 rings (SSSR count). The number of carbonyl (C=O) groups excluding carboxylic acids is 2. The van der Waals surface area contributed by atoms with E-state index in [0.29, 0.717) is 10.8 Å². The second kappa shape index (κ2) is 9.75. The first-order chi connectivity index (χ1) is 13.6. The summed E-state index contributed by atoms with van der Waals surface area (Å²) in [5.74, 6) is -0.489. The Kier molecular flexibility index (Phi) is 6.85. The van der Waals surface area contributed by atoms with Crippen molar-refractivity contribution in [1.82, 2.24) is 20.0 Å². The molecule has 0 saturated heterocycles. The molecule has 0 radical (unpaired) electrons. The predicted molar refractivity (Wildman–Crippen MR) is 108 cm³/mol. The first kappa shape index (κ1) is 19.7. The molecule has 2 N–H and O–H groups in total. The number of carbonyl (C=O) groups is 2. The summed E-state index contributed by atoms with van der Waals surface area (Å²) in [7, 11) is 0. The van der Waals surface area contributed by atoms with E-state index in [1.165, 1.54) is 16.9 Å². The molecule has 0 aliphatic carbocycles. The number of hydrogen-bond acceptors (Lipinski definition) is 6. The van der Waals surface area contributed by atoms with E-state index in [-0.39, 0.29) is 24.7 Å². The molecule has 1 aromatic carbocycles. The number of anilines is 2. The molecule has 3 aromatic rings. The van der Waals surface area contributed by atoms with E-state index in [1.54, 1.807) is 17.1 Å². The molecule has 2 amide bonds. The number of aryl methyl sites for hydroxylation is 3. The van der Waals surface area contributed by atoms with E-state index >= 15 is 0 Å². The fourth-order valence-corrected chi connectivity index (χ4v) is 3.21. The summed E-state index contributed by atoms with van der Waals surface area (Å²) in [5.41, 5.74) is 1.85. The van der Waals surface area contributed by atoms with Crippen molar-refractivity contribution in [3.8, 4) is 0 Å². The third kappa shape index (κ3) is 5.98. The third-order valence-corrected chi connectivity index (χ3v) is 4.97. The van der Waals surface area contributed by atoms with Crippen molar-refractivity contribution in [2.45, 2.75) is 39.2 Å². The van der Waals surface area contributed by atoms with Crippen LogP contribution < -0.4 is 10.6 Å². The lowest BCUT2D eigenvalue weighted by Crippen LogP contribution is -2.17. The van der Waals surface area contributed by atoms with Crippen LogP contribution in [0.3, 0.4) is 0 Å². The van der Waals surface area contributed by atoms with Gasteiger partial charge in [0.1, 0.15) is 5.01 Å². The van der Waals surface area contributed by atoms with Gasteiger partial charge in [0.2, 0.25) is 16.9 Å². The van der Waals surface area contributed by atoms with E-state index in [2.05, 4.69) is 38.1 Å². The van der Waals surface area contributed by atoms with Gasteiger partial charge in [-0.05, 0) is 18.4 Å². The van der Waals surface area contributed by atoms with Crippen molar-refractivity contribution in [1.29, 1.82) is 0 Å². The molecule has 0 fully saturated rings. The zero-order valence-electron chi connectivity index (χ0n) is 15.6. The van der Waals surface area contributed by atoms with Crippen LogP contribution in [0.1, 0.15) is 30.3 Å². The maximum Gasteiger partial charge on any atom is 0.226 e. The molecule has 0 saturated carbocycles. The summed E-state index contributed by atoms with van der Waals surface area (Å²) in [6, 6.07) is 10.1. The Morgan fingerprint density at radius 3 is 2.54 bits per heavy atom. The van der Waals surface area contributed by atoms with Gasteiger partial charge in [-0.15, -0.1) is 10.2 Å². The molecule has 8 nitrogen and oxygen atoms in total. The lowest BCUT2D eigenvalue weighted by atomic mass is 10.1. The summed E-state index contributed by atoms with van der Waals surface area (Å²) in [5, 5.41) is 18.8. The maximum atomic E-state index is 12.1. The first-order valence-electron chi connectivity index (χ1n) is 9.11. The Balaban J connectivity index is 1.39. The molecule has 9 heteroatoms. The SMILES string of the molecule is CCc1nnc(NC(=O)CCC(=O)Nc2cnn(CCc3ccccc3)c2)s1. The topological polar surface area (TPSA) is 102 Å². The van der Waals surface area contributed by atoms with Crippen molar-refractivity contribution >= 4 is 34.0 Å². The second-order valence-electron chi connectivity index (χ2n) is 6.18. The fourth-order valence-electron chi connectivity index (χ4n) is 2.52. The molecule has 0 aliphatic heterocycles. The van der Waals surface area contributed by atoms with Gasteiger partial charge >= 0.3 is 0 Å². The quantitative estimate of drug-likeness (QED) is 0.577. The highest BCUT2D eigenvalue weighted by Crippen LogP contribution is 2.15. The van der Waals surface area contributed by atoms with Crippen LogP contribution >= 0.6 is 11.3 Å². The Bertz CT molecular complexity index is 921. The Morgan fingerprint density at radius 1 is 1.07 bits per heavy atom. The van der Waals surface area contributed by atoms with Crippen LogP contribution in [-0.2, 0) is 29.0 Å². The van der Waals surface area contributed by atoms with Gasteiger partial charge in [-0.3, -0.25) is 14.3 Å². The van der Waals surface area contributed by atoms with Crippen LogP contribution in [0.5, 0.6) is 0 Å². The van der Waals surface area contributed by atoms with Crippen molar-refractivity contribution in [3.05, 3.63) is 53.3 Å². The molecule has 2 aromatic heterocycles. The lowest BCUT2D eigenvalue weighted by molar-refractivity contribution is -0.121. The number of amides is 2. The molecule has 2 heterocycles. The van der Waals surface area contributed by atoms with Crippen LogP contribution in [0.15, 0.2) is 42.7 Å². The standard InChI is InChI=1S/C19H22N6O2S/c1-2-18-23-24-19(28-18)22-17(27)9-8-16(26)21-15-12-20-25(13-15)11-10-14-6-4-3-5-7-14/h3-7,12-13H,2,8-11H2,1H3,(H,21,26)(H,22,24,27). The Hall–Kier alpha value is -3.07. The van der Waals surface area contributed by atoms with Crippen LogP contribution in [0, 0.1) is 0 Å². The van der Waals surface area contributed by atoms with Gasteiger partial charge in [0.05, 0.1) is 11.9 Å². The number of nitrogens with one attached hydrogen (secondary N) is 2. The highest BCUT2D eigenvalue weighted by molar-refractivity contribution is 7.15. The maximum absolute atomic E-state index is 12.1. The van der Waals surface area contributed by atoms with Gasteiger partial charge in [-0.25, -0.2) is 0 Å². The molecule has 28 heavy (non-hydrogen) atoms. The third-order valence-electron chi connectivity index (χ3n) is 3.98. The molecule has 0 atom stereocenters. The summed E-state index contributed by atoms with van der Waals surface area (Å²) >= 11 is 1.34. The number of nitrogens with zero attached hydrogens (tertiary/aromatic N) is 4. The number of hydrogen-bond donors (Lipinski definition) is 2. The number of benzene rings is 1. The molecule has 0 aliphatic rings. The predicted octanol–water partition coefficient (Wildman–Crippen LogP) is 2.90. The minimum absolute atomic E-state index is 0.0784. The minimum atomic E-state index is -0.257. The highest BCUT2D eigenvalue weighted by atomic mass is 32.1. The molecule has 0 spiro atoms. The van der Waals surface area contributed by atoms with E-state index in [1.807, 2.05) is 25.1 Å². The van der Waals surface area contributed by atoms with Crippen LogP contribution in [0.2, 0.25) is 0 Å². The number of rotatable bonds is 9. The van der Waals surface area contributed by atoms with E-state index in [9.17, 15) is 9.59 Å². The zero-order chi connectivity index (χ0) is 19.8. The lowest BCUT2D eigenvalue weighted by Gasteiger charge is -2.03. The van der Waals surface area contributed by atoms with E-state index < -0.39 is 0 Å². The molecular weight excluding hydrogens is 376 g/mol. The van der Waals surface area contributed by atoms with Crippen molar-refractivity contribution in [2.75, 3.05) is 10.6 Å². The van der Waals surface area contributed by atoms with E-state index in [0.717, 1.165) is 24.4 Å². The van der Waals surface area contributed by atoms with Crippen LogP contribution in [-0.4, -0.2) is 31.8 Å². The summed E-state index contributed by atoms with van der Waals surface area (Å²) in [6.45, 7) is 2.70. The summed E-state index contributed by atoms with van der Waals surface area (Å²) < 4.78 is 1.79. The summed E-state index contributed by atoms with van der Waals surface area (Å²) in [6.07, 6.45) is 5.19. The van der Waals surface area contributed by atoms with Gasteiger partial charge in [0.15, 0.2) is 0 Å². The zero-order valence-corrected chi connectivity index (χ0v) is 16.4. The second-order valence-corrected chi connectivity index (χ2v) is 7.24. The molecule has 146 valence electrons. The summed E-state index contributed by atoms with van der Waals surface area (Å²) in [4.78, 5) is 24.0. The van der Waals surface area contributed by atoms with Gasteiger partial charge in [-0.1, -0.05) is 48.6 Å². The average Bonchev–Trinajstić information content (AvgIpc) is 3.35. The van der Waals surface area contributed by atoms with Gasteiger partial charge in [0.25, 0.3) is 0 Å². The molecule has 0 bridgehead atoms. The van der Waals surface area contributed by atoms with Crippen LogP contribution in [0.25, 0.3) is 0 Å². The molecular formula is C19H22N6O2S. The normalized spacial score (nSPS) is 10.6. The van der Waals surface area contributed by atoms with Crippen LogP contribution in [0.4, 0.5) is 10.8 Å². The van der Waals surface area contributed by atoms with Crippen molar-refractivity contribution in [3.63, 3.8) is 0 Å². The van der Waals surface area contributed by atoms with Crippen molar-refractivity contribution < 1.29 is 9.59 Å². The Labute approximate surface area is 167 Å². The molecule has 0 unspecified atom stereocenters. The average molecular weight is 398 g/mol. The smallest absolute Gasteiger partial charge is 0.226 e.